The number of nitrogens with zero attached hydrogens (tertiary/aromatic N) is 3. The lowest BCUT2D eigenvalue weighted by molar-refractivity contribution is 0.122. The van der Waals surface area contributed by atoms with Crippen LogP contribution in [0.1, 0.15) is 5.56 Å². The van der Waals surface area contributed by atoms with Crippen molar-refractivity contribution in [1.29, 1.82) is 5.26 Å². The van der Waals surface area contributed by atoms with Gasteiger partial charge in [0.1, 0.15) is 4.90 Å². The van der Waals surface area contributed by atoms with Gasteiger partial charge in [0.05, 0.1) is 40.9 Å². The Morgan fingerprint density at radius 3 is 2.68 bits per heavy atom. The number of nitriles is 1. The van der Waals surface area contributed by atoms with Crippen molar-refractivity contribution in [3.63, 3.8) is 0 Å². The maximum atomic E-state index is 13.4. The molecule has 6 nitrogen and oxygen atoms in total. The molecule has 2 heterocycles. The van der Waals surface area contributed by atoms with Crippen molar-refractivity contribution in [3.05, 3.63) is 59.2 Å². The predicted molar refractivity (Wildman–Crippen MR) is 106 cm³/mol. The van der Waals surface area contributed by atoms with Crippen LogP contribution in [0, 0.1) is 11.3 Å². The molecule has 0 spiro atoms. The fourth-order valence-electron chi connectivity index (χ4n) is 3.30. The van der Waals surface area contributed by atoms with E-state index in [2.05, 4.69) is 4.98 Å². The third-order valence-corrected chi connectivity index (χ3v) is 6.65. The van der Waals surface area contributed by atoms with Gasteiger partial charge in [-0.2, -0.15) is 5.26 Å². The average molecular weight is 414 g/mol. The number of benzene rings is 2. The maximum absolute atomic E-state index is 13.4. The molecule has 0 N–H and O–H groups in total. The van der Waals surface area contributed by atoms with Crippen molar-refractivity contribution in [1.82, 2.24) is 4.98 Å². The van der Waals surface area contributed by atoms with Gasteiger partial charge in [-0.05, 0) is 36.4 Å². The van der Waals surface area contributed by atoms with Gasteiger partial charge < -0.3 is 9.64 Å². The second-order valence-corrected chi connectivity index (χ2v) is 8.73. The third-order valence-electron chi connectivity index (χ3n) is 4.66. The van der Waals surface area contributed by atoms with Crippen LogP contribution in [-0.4, -0.2) is 39.7 Å². The molecule has 0 saturated carbocycles. The summed E-state index contributed by atoms with van der Waals surface area (Å²) in [6.07, 6.45) is 1.37. The van der Waals surface area contributed by atoms with E-state index in [1.165, 1.54) is 18.3 Å². The molecule has 1 fully saturated rings. The van der Waals surface area contributed by atoms with Gasteiger partial charge in [0.25, 0.3) is 0 Å². The number of anilines is 1. The van der Waals surface area contributed by atoms with Crippen molar-refractivity contribution >= 4 is 38.0 Å². The number of sulfone groups is 1. The molecule has 142 valence electrons. The van der Waals surface area contributed by atoms with Crippen molar-refractivity contribution < 1.29 is 13.2 Å². The summed E-state index contributed by atoms with van der Waals surface area (Å²) in [6.45, 7) is 2.17. The first-order valence-electron chi connectivity index (χ1n) is 8.67. The Balaban J connectivity index is 1.97. The van der Waals surface area contributed by atoms with Crippen molar-refractivity contribution in [3.8, 4) is 6.07 Å². The number of hydrogen-bond donors (Lipinski definition) is 0. The summed E-state index contributed by atoms with van der Waals surface area (Å²) in [4.78, 5) is 6.52. The van der Waals surface area contributed by atoms with Crippen LogP contribution in [0.3, 0.4) is 0 Å². The van der Waals surface area contributed by atoms with Gasteiger partial charge >= 0.3 is 0 Å². The van der Waals surface area contributed by atoms with Gasteiger partial charge in [-0.15, -0.1) is 0 Å². The molecule has 1 aliphatic heterocycles. The lowest BCUT2D eigenvalue weighted by Gasteiger charge is -2.31. The van der Waals surface area contributed by atoms with E-state index in [4.69, 9.17) is 21.6 Å². The van der Waals surface area contributed by atoms with E-state index in [-0.39, 0.29) is 15.4 Å². The van der Waals surface area contributed by atoms with Crippen LogP contribution < -0.4 is 4.90 Å². The first-order valence-corrected chi connectivity index (χ1v) is 10.5. The minimum Gasteiger partial charge on any atom is -0.378 e. The van der Waals surface area contributed by atoms with Gasteiger partial charge in [0.15, 0.2) is 0 Å². The molecule has 8 heteroatoms. The Morgan fingerprint density at radius 2 is 1.93 bits per heavy atom. The number of fused-ring (bicyclic) bond motifs is 1. The van der Waals surface area contributed by atoms with Crippen molar-refractivity contribution in [2.45, 2.75) is 9.79 Å². The zero-order chi connectivity index (χ0) is 19.7. The summed E-state index contributed by atoms with van der Waals surface area (Å²) < 4.78 is 32.3. The number of aromatic nitrogens is 1. The Bertz CT molecular complexity index is 1200. The molecule has 1 aromatic heterocycles. The van der Waals surface area contributed by atoms with E-state index in [1.807, 2.05) is 11.0 Å². The first kappa shape index (κ1) is 18.7. The zero-order valence-corrected chi connectivity index (χ0v) is 16.4. The van der Waals surface area contributed by atoms with Crippen LogP contribution in [0.2, 0.25) is 5.02 Å². The molecule has 28 heavy (non-hydrogen) atoms. The van der Waals surface area contributed by atoms with E-state index in [1.54, 1.807) is 30.3 Å². The molecule has 0 bridgehead atoms. The van der Waals surface area contributed by atoms with Crippen LogP contribution in [-0.2, 0) is 14.6 Å². The monoisotopic (exact) mass is 413 g/mol. The molecule has 0 amide bonds. The predicted octanol–water partition coefficient (Wildman–Crippen LogP) is 3.43. The fourth-order valence-corrected chi connectivity index (χ4v) is 4.95. The summed E-state index contributed by atoms with van der Waals surface area (Å²) in [5, 5.41) is 10.4. The highest BCUT2D eigenvalue weighted by atomic mass is 35.5. The van der Waals surface area contributed by atoms with Crippen LogP contribution >= 0.6 is 11.6 Å². The Kier molecular flexibility index (Phi) is 4.94. The Hall–Kier alpha value is -2.66. The summed E-state index contributed by atoms with van der Waals surface area (Å²) in [5.74, 6) is 0. The Labute approximate surface area is 167 Å². The SMILES string of the molecule is N#Cc1cccc(S(=O)(=O)c2cnc3cc(Cl)ccc3c2N2CCOCC2)c1. The lowest BCUT2D eigenvalue weighted by Crippen LogP contribution is -2.37. The van der Waals surface area contributed by atoms with Gasteiger partial charge in [-0.1, -0.05) is 17.7 Å². The summed E-state index contributed by atoms with van der Waals surface area (Å²) in [7, 11) is -3.88. The average Bonchev–Trinajstić information content (AvgIpc) is 2.73. The van der Waals surface area contributed by atoms with Gasteiger partial charge in [-0.3, -0.25) is 4.98 Å². The molecular weight excluding hydrogens is 398 g/mol. The van der Waals surface area contributed by atoms with E-state index < -0.39 is 9.84 Å². The number of ether oxygens (including phenoxy) is 1. The standard InChI is InChI=1S/C20H16ClN3O3S/c21-15-4-5-17-18(11-15)23-13-19(20(17)24-6-8-27-9-7-24)28(25,26)16-3-1-2-14(10-16)12-22/h1-5,10-11,13H,6-9H2. The topological polar surface area (TPSA) is 83.3 Å². The lowest BCUT2D eigenvalue weighted by atomic mass is 10.1. The fraction of sp³-hybridized carbons (Fsp3) is 0.200. The van der Waals surface area contributed by atoms with Crippen molar-refractivity contribution in [2.75, 3.05) is 31.2 Å². The summed E-state index contributed by atoms with van der Waals surface area (Å²) in [5.41, 5.74) is 1.50. The second-order valence-electron chi connectivity index (χ2n) is 6.38. The van der Waals surface area contributed by atoms with E-state index in [9.17, 15) is 8.42 Å². The molecule has 1 aliphatic rings. The van der Waals surface area contributed by atoms with Crippen LogP contribution in [0.5, 0.6) is 0 Å². The normalized spacial score (nSPS) is 14.8. The molecule has 3 aromatic rings. The quantitative estimate of drug-likeness (QED) is 0.654. The Morgan fingerprint density at radius 1 is 1.14 bits per heavy atom. The van der Waals surface area contributed by atoms with Gasteiger partial charge in [0.2, 0.25) is 9.84 Å². The first-order chi connectivity index (χ1) is 13.5. The minimum absolute atomic E-state index is 0.0659. The summed E-state index contributed by atoms with van der Waals surface area (Å²) >= 11 is 6.09. The number of morpholine rings is 1. The molecule has 0 unspecified atom stereocenters. The van der Waals surface area contributed by atoms with E-state index in [0.29, 0.717) is 47.9 Å². The molecule has 4 rings (SSSR count). The van der Waals surface area contributed by atoms with Gasteiger partial charge in [-0.25, -0.2) is 8.42 Å². The summed E-state index contributed by atoms with van der Waals surface area (Å²) in [6, 6.07) is 13.2. The number of pyridine rings is 1. The van der Waals surface area contributed by atoms with E-state index >= 15 is 0 Å². The number of halogens is 1. The molecular formula is C20H16ClN3O3S. The highest BCUT2D eigenvalue weighted by molar-refractivity contribution is 7.91. The van der Waals surface area contributed by atoms with Crippen LogP contribution in [0.15, 0.2) is 58.5 Å². The van der Waals surface area contributed by atoms with Gasteiger partial charge in [0, 0.05) is 29.7 Å². The highest BCUT2D eigenvalue weighted by Crippen LogP contribution is 2.37. The molecule has 2 aromatic carbocycles. The van der Waals surface area contributed by atoms with Crippen LogP contribution in [0.4, 0.5) is 5.69 Å². The molecule has 0 atom stereocenters. The smallest absolute Gasteiger partial charge is 0.210 e. The second kappa shape index (κ2) is 7.40. The van der Waals surface area contributed by atoms with Crippen LogP contribution in [0.25, 0.3) is 10.9 Å². The minimum atomic E-state index is -3.88. The largest absolute Gasteiger partial charge is 0.378 e. The number of rotatable bonds is 3. The third kappa shape index (κ3) is 3.31. The molecule has 0 radical (unpaired) electrons. The van der Waals surface area contributed by atoms with Crippen molar-refractivity contribution in [2.24, 2.45) is 0 Å². The highest BCUT2D eigenvalue weighted by Gasteiger charge is 2.28. The zero-order valence-electron chi connectivity index (χ0n) is 14.8. The number of hydrogen-bond acceptors (Lipinski definition) is 6. The van der Waals surface area contributed by atoms with E-state index in [0.717, 1.165) is 0 Å². The molecule has 1 saturated heterocycles. The molecule has 0 aliphatic carbocycles. The maximum Gasteiger partial charge on any atom is 0.210 e.